The predicted octanol–water partition coefficient (Wildman–Crippen LogP) is 5.30. The number of nitrogens with one attached hydrogen (secondary N) is 1. The molecule has 0 saturated heterocycles. The minimum atomic E-state index is -0.582. The summed E-state index contributed by atoms with van der Waals surface area (Å²) in [5.74, 6) is 0.527. The van der Waals surface area contributed by atoms with E-state index in [1.54, 1.807) is 6.07 Å². The van der Waals surface area contributed by atoms with Gasteiger partial charge in [-0.25, -0.2) is 9.37 Å². The summed E-state index contributed by atoms with van der Waals surface area (Å²) >= 11 is 0. The lowest BCUT2D eigenvalue weighted by Crippen LogP contribution is -2.45. The number of nitrogens with zero attached hydrogens (tertiary/aromatic N) is 2. The van der Waals surface area contributed by atoms with Gasteiger partial charge in [-0.05, 0) is 53.3 Å². The maximum atomic E-state index is 14.2. The number of fused-ring (bicyclic) bond motifs is 1. The molecular weight excluding hydrogens is 473 g/mol. The fourth-order valence-corrected chi connectivity index (χ4v) is 4.38. The minimum Gasteiger partial charge on any atom is -0.484 e. The van der Waals surface area contributed by atoms with Crippen LogP contribution in [0.3, 0.4) is 0 Å². The monoisotopic (exact) mass is 507 g/mol. The number of hydrogen-bond acceptors (Lipinski definition) is 5. The Morgan fingerprint density at radius 3 is 2.70 bits per heavy atom. The van der Waals surface area contributed by atoms with Crippen molar-refractivity contribution >= 4 is 11.8 Å². The number of halogens is 1. The number of oxazole rings is 1. The Labute approximate surface area is 217 Å². The van der Waals surface area contributed by atoms with Gasteiger partial charge in [-0.3, -0.25) is 9.59 Å². The highest BCUT2D eigenvalue weighted by Gasteiger charge is 2.37. The number of carbonyl (C=O) groups excluding carboxylic acids is 2. The van der Waals surface area contributed by atoms with Crippen molar-refractivity contribution in [2.24, 2.45) is 11.3 Å². The molecule has 0 fully saturated rings. The van der Waals surface area contributed by atoms with E-state index in [9.17, 15) is 14.0 Å². The van der Waals surface area contributed by atoms with Crippen LogP contribution in [0, 0.1) is 17.2 Å². The maximum Gasteiger partial charge on any atom is 0.273 e. The zero-order valence-corrected chi connectivity index (χ0v) is 22.0. The highest BCUT2D eigenvalue weighted by Crippen LogP contribution is 2.39. The fraction of sp³-hybridized carbons (Fsp3) is 0.414. The van der Waals surface area contributed by atoms with Gasteiger partial charge < -0.3 is 19.4 Å². The van der Waals surface area contributed by atoms with Crippen LogP contribution in [-0.4, -0.2) is 34.8 Å². The van der Waals surface area contributed by atoms with Gasteiger partial charge in [0, 0.05) is 18.5 Å². The van der Waals surface area contributed by atoms with E-state index < -0.39 is 11.5 Å². The highest BCUT2D eigenvalue weighted by atomic mass is 19.1. The van der Waals surface area contributed by atoms with Crippen molar-refractivity contribution in [2.75, 3.05) is 13.1 Å². The molecule has 0 aliphatic carbocycles. The van der Waals surface area contributed by atoms with Gasteiger partial charge in [0.1, 0.15) is 17.8 Å². The summed E-state index contributed by atoms with van der Waals surface area (Å²) in [5.41, 5.74) is 2.31. The molecule has 4 rings (SSSR count). The van der Waals surface area contributed by atoms with E-state index in [1.165, 1.54) is 18.4 Å². The summed E-state index contributed by atoms with van der Waals surface area (Å²) in [5, 5.41) is 2.81. The van der Waals surface area contributed by atoms with E-state index in [1.807, 2.05) is 63.8 Å². The molecule has 2 amide bonds. The largest absolute Gasteiger partial charge is 0.484 e. The Bertz CT molecular complexity index is 1280. The first-order valence-corrected chi connectivity index (χ1v) is 12.6. The van der Waals surface area contributed by atoms with E-state index in [-0.39, 0.29) is 35.8 Å². The standard InChI is InChI=1S/C29H34FN3O4/c1-18(2)15-31-27(34)24-16-37-25(32-24)17-36-22-10-9-19-11-12-33(28(35)29(3,4)5)26(23(19)14-22)20-7-6-8-21(30)13-20/h6-10,13-14,16,18,26H,11-12,15,17H2,1-5H3,(H,31,34)/t26-/m1/s1. The molecule has 1 aliphatic heterocycles. The van der Waals surface area contributed by atoms with E-state index in [4.69, 9.17) is 9.15 Å². The van der Waals surface area contributed by atoms with Crippen molar-refractivity contribution < 1.29 is 23.1 Å². The minimum absolute atomic E-state index is 0.00166. The van der Waals surface area contributed by atoms with Gasteiger partial charge in [-0.2, -0.15) is 0 Å². The molecule has 0 saturated carbocycles. The normalized spacial score (nSPS) is 15.4. The Morgan fingerprint density at radius 2 is 2.00 bits per heavy atom. The van der Waals surface area contributed by atoms with E-state index >= 15 is 0 Å². The quantitative estimate of drug-likeness (QED) is 0.469. The first-order valence-electron chi connectivity index (χ1n) is 12.6. The third kappa shape index (κ3) is 6.18. The molecule has 8 heteroatoms. The van der Waals surface area contributed by atoms with E-state index in [0.717, 1.165) is 11.1 Å². The van der Waals surface area contributed by atoms with Crippen molar-refractivity contribution in [1.82, 2.24) is 15.2 Å². The van der Waals surface area contributed by atoms with Crippen molar-refractivity contribution in [2.45, 2.75) is 53.7 Å². The third-order valence-electron chi connectivity index (χ3n) is 6.23. The number of benzene rings is 2. The van der Waals surface area contributed by atoms with Gasteiger partial charge in [0.2, 0.25) is 11.8 Å². The molecule has 0 spiro atoms. The first kappa shape index (κ1) is 26.4. The zero-order valence-electron chi connectivity index (χ0n) is 22.0. The second-order valence-corrected chi connectivity index (χ2v) is 10.8. The van der Waals surface area contributed by atoms with Gasteiger partial charge in [-0.15, -0.1) is 0 Å². The summed E-state index contributed by atoms with van der Waals surface area (Å²) in [6.45, 7) is 10.8. The average Bonchev–Trinajstić information content (AvgIpc) is 3.33. The van der Waals surface area contributed by atoms with Crippen LogP contribution >= 0.6 is 0 Å². The highest BCUT2D eigenvalue weighted by molar-refractivity contribution is 5.91. The molecule has 0 unspecified atom stereocenters. The van der Waals surface area contributed by atoms with Gasteiger partial charge in [0.15, 0.2) is 12.3 Å². The molecule has 0 bridgehead atoms. The van der Waals surface area contributed by atoms with Crippen LogP contribution in [0.15, 0.2) is 53.1 Å². The summed E-state index contributed by atoms with van der Waals surface area (Å²) in [6, 6.07) is 11.7. The summed E-state index contributed by atoms with van der Waals surface area (Å²) in [6.07, 6.45) is 2.01. The molecule has 1 atom stereocenters. The molecule has 2 aromatic carbocycles. The summed E-state index contributed by atoms with van der Waals surface area (Å²) in [4.78, 5) is 31.7. The number of ether oxygens (including phenoxy) is 1. The van der Waals surface area contributed by atoms with E-state index in [2.05, 4.69) is 10.3 Å². The topological polar surface area (TPSA) is 84.7 Å². The number of amides is 2. The van der Waals surface area contributed by atoms with Gasteiger partial charge >= 0.3 is 0 Å². The summed E-state index contributed by atoms with van der Waals surface area (Å²) in [7, 11) is 0. The molecule has 7 nitrogen and oxygen atoms in total. The van der Waals surface area contributed by atoms with Crippen LogP contribution in [-0.2, 0) is 17.8 Å². The molecule has 37 heavy (non-hydrogen) atoms. The smallest absolute Gasteiger partial charge is 0.273 e. The maximum absolute atomic E-state index is 14.2. The number of hydrogen-bond donors (Lipinski definition) is 1. The van der Waals surface area contributed by atoms with Gasteiger partial charge in [-0.1, -0.05) is 52.8 Å². The van der Waals surface area contributed by atoms with Gasteiger partial charge in [0.05, 0.1) is 6.04 Å². The Kier molecular flexibility index (Phi) is 7.66. The number of aromatic nitrogens is 1. The van der Waals surface area contributed by atoms with Crippen molar-refractivity contribution in [3.63, 3.8) is 0 Å². The lowest BCUT2D eigenvalue weighted by Gasteiger charge is -2.41. The second kappa shape index (κ2) is 10.7. The molecule has 3 aromatic rings. The van der Waals surface area contributed by atoms with Crippen LogP contribution in [0.4, 0.5) is 4.39 Å². The van der Waals surface area contributed by atoms with E-state index in [0.29, 0.717) is 36.7 Å². The second-order valence-electron chi connectivity index (χ2n) is 10.8. The SMILES string of the molecule is CC(C)CNC(=O)c1coc(COc2ccc3c(c2)[C@@H](c2cccc(F)c2)N(C(=O)C(C)(C)C)CC3)n1. The molecule has 0 radical (unpaired) electrons. The fourth-order valence-electron chi connectivity index (χ4n) is 4.38. The first-order chi connectivity index (χ1) is 17.5. The number of rotatable bonds is 7. The number of carbonyl (C=O) groups is 2. The lowest BCUT2D eigenvalue weighted by molar-refractivity contribution is -0.141. The third-order valence-corrected chi connectivity index (χ3v) is 6.23. The molecule has 2 heterocycles. The Balaban J connectivity index is 1.57. The van der Waals surface area contributed by atoms with Crippen molar-refractivity contribution in [1.29, 1.82) is 0 Å². The molecule has 196 valence electrons. The van der Waals surface area contributed by atoms with Crippen LogP contribution in [0.1, 0.15) is 73.7 Å². The zero-order chi connectivity index (χ0) is 26.7. The Hall–Kier alpha value is -3.68. The summed E-state index contributed by atoms with van der Waals surface area (Å²) < 4.78 is 25.6. The molecular formula is C29H34FN3O4. The van der Waals surface area contributed by atoms with Gasteiger partial charge in [0.25, 0.3) is 5.91 Å². The van der Waals surface area contributed by atoms with Crippen LogP contribution in [0.25, 0.3) is 0 Å². The predicted molar refractivity (Wildman–Crippen MR) is 138 cm³/mol. The Morgan fingerprint density at radius 1 is 1.22 bits per heavy atom. The molecule has 1 N–H and O–H groups in total. The molecule has 1 aromatic heterocycles. The lowest BCUT2D eigenvalue weighted by atomic mass is 9.85. The van der Waals surface area contributed by atoms with Crippen LogP contribution in [0.2, 0.25) is 0 Å². The van der Waals surface area contributed by atoms with Crippen LogP contribution < -0.4 is 10.1 Å². The molecule has 1 aliphatic rings. The van der Waals surface area contributed by atoms with Crippen LogP contribution in [0.5, 0.6) is 5.75 Å². The van der Waals surface area contributed by atoms with Crippen molar-refractivity contribution in [3.8, 4) is 5.75 Å². The average molecular weight is 508 g/mol. The van der Waals surface area contributed by atoms with Crippen molar-refractivity contribution in [3.05, 3.63) is 82.8 Å².